The number of halogens is 6. The summed E-state index contributed by atoms with van der Waals surface area (Å²) in [5.74, 6) is -0.702. The van der Waals surface area contributed by atoms with Gasteiger partial charge in [0.2, 0.25) is 0 Å². The molecule has 0 saturated carbocycles. The molecule has 5 aliphatic rings. The van der Waals surface area contributed by atoms with Crippen LogP contribution >= 0.6 is 0 Å². The second-order valence-electron chi connectivity index (χ2n) is 15.6. The van der Waals surface area contributed by atoms with Gasteiger partial charge in [0.25, 0.3) is 11.8 Å². The third-order valence-electron chi connectivity index (χ3n) is 12.0. The van der Waals surface area contributed by atoms with Crippen molar-refractivity contribution in [3.05, 3.63) is 123 Å². The van der Waals surface area contributed by atoms with Crippen LogP contribution in [0.4, 0.5) is 26.3 Å². The zero-order valence-electron chi connectivity index (χ0n) is 30.4. The van der Waals surface area contributed by atoms with Gasteiger partial charge >= 0.3 is 12.4 Å². The van der Waals surface area contributed by atoms with Crippen LogP contribution in [0.1, 0.15) is 95.2 Å². The lowest BCUT2D eigenvalue weighted by Crippen LogP contribution is -2.48. The third-order valence-corrected chi connectivity index (χ3v) is 12.0. The van der Waals surface area contributed by atoms with E-state index in [1.807, 2.05) is 24.8 Å². The number of amides is 2. The number of ether oxygens (including phenoxy) is 1. The average molecular weight is 773 g/mol. The summed E-state index contributed by atoms with van der Waals surface area (Å²) >= 11 is 0. The Morgan fingerprint density at radius 2 is 1.43 bits per heavy atom. The van der Waals surface area contributed by atoms with Gasteiger partial charge in [-0.3, -0.25) is 9.59 Å². The molecule has 288 valence electrons. The van der Waals surface area contributed by atoms with Gasteiger partial charge in [-0.05, 0) is 65.3 Å². The summed E-state index contributed by atoms with van der Waals surface area (Å²) in [6.07, 6.45) is -8.78. The van der Waals surface area contributed by atoms with Crippen LogP contribution in [0.2, 0.25) is 0 Å². The van der Waals surface area contributed by atoms with Gasteiger partial charge in [-0.25, -0.2) is 9.97 Å². The number of aliphatic imine (C=N–C) groups is 2. The fourth-order valence-corrected chi connectivity index (χ4v) is 9.74. The summed E-state index contributed by atoms with van der Waals surface area (Å²) in [7, 11) is 1.54. The highest BCUT2D eigenvalue weighted by molar-refractivity contribution is 6.15. The highest BCUT2D eigenvalue weighted by Crippen LogP contribution is 2.57. The van der Waals surface area contributed by atoms with Crippen molar-refractivity contribution >= 4 is 23.5 Å². The van der Waals surface area contributed by atoms with Crippen LogP contribution in [0.3, 0.4) is 0 Å². The van der Waals surface area contributed by atoms with Gasteiger partial charge in [0.1, 0.15) is 39.6 Å². The van der Waals surface area contributed by atoms with E-state index in [9.17, 15) is 35.9 Å². The molecule has 4 aromatic rings. The van der Waals surface area contributed by atoms with Crippen molar-refractivity contribution in [2.24, 2.45) is 9.98 Å². The number of hydrogen-bond donors (Lipinski definition) is 1. The number of aromatic nitrogens is 2. The predicted molar refractivity (Wildman–Crippen MR) is 192 cm³/mol. The van der Waals surface area contributed by atoms with Crippen molar-refractivity contribution in [2.75, 3.05) is 26.7 Å². The van der Waals surface area contributed by atoms with Crippen molar-refractivity contribution in [3.63, 3.8) is 0 Å². The fraction of sp³-hybridized carbons (Fsp3) is 0.366. The molecule has 3 atom stereocenters. The first kappa shape index (κ1) is 36.1. The van der Waals surface area contributed by atoms with E-state index >= 15 is 0 Å². The summed E-state index contributed by atoms with van der Waals surface area (Å²) < 4.78 is 90.6. The molecule has 15 heteroatoms. The molecule has 2 amide bonds. The topological polar surface area (TPSA) is 109 Å². The minimum atomic E-state index is -4.76. The predicted octanol–water partition coefficient (Wildman–Crippen LogP) is 6.83. The van der Waals surface area contributed by atoms with E-state index in [-0.39, 0.29) is 48.4 Å². The molecular weight excluding hydrogens is 738 g/mol. The second-order valence-corrected chi connectivity index (χ2v) is 15.6. The Morgan fingerprint density at radius 3 is 2.12 bits per heavy atom. The lowest BCUT2D eigenvalue weighted by molar-refractivity contribution is -0.142. The monoisotopic (exact) mass is 772 g/mol. The summed E-state index contributed by atoms with van der Waals surface area (Å²) in [5, 5.41) is 2.84. The molecule has 9 rings (SSSR count). The SMILES string of the molecule is CNC1=NC(=O)C2(CC(C)(C)c3c(C4CCN(C5=NC(=O)C6(CCOc7ccccc76)c6nc(C(F)(F)F)ccc65)C4)cccc32)c2nc(C(F)(F)F)ccc21. The maximum Gasteiger partial charge on any atom is 0.433 e. The van der Waals surface area contributed by atoms with Gasteiger partial charge in [-0.1, -0.05) is 50.2 Å². The van der Waals surface area contributed by atoms with Crippen molar-refractivity contribution in [3.8, 4) is 5.75 Å². The quantitative estimate of drug-likeness (QED) is 0.211. The first-order valence-corrected chi connectivity index (χ1v) is 18.2. The number of fused-ring (bicyclic) bond motifs is 8. The van der Waals surface area contributed by atoms with E-state index in [1.54, 1.807) is 36.4 Å². The number of benzene rings is 2. The Balaban J connectivity index is 1.13. The van der Waals surface area contributed by atoms with Crippen LogP contribution in [0.5, 0.6) is 5.75 Å². The molecule has 2 spiro atoms. The van der Waals surface area contributed by atoms with E-state index < -0.39 is 51.8 Å². The summed E-state index contributed by atoms with van der Waals surface area (Å²) in [4.78, 5) is 47.6. The number of hydrogen-bond acceptors (Lipinski definition) is 7. The Labute approximate surface area is 316 Å². The number of pyridine rings is 2. The fourth-order valence-electron chi connectivity index (χ4n) is 9.74. The summed E-state index contributed by atoms with van der Waals surface area (Å²) in [6, 6.07) is 16.7. The van der Waals surface area contributed by atoms with Gasteiger partial charge < -0.3 is 15.0 Å². The number of carbonyl (C=O) groups excluding carboxylic acids is 2. The van der Waals surface area contributed by atoms with Gasteiger partial charge in [0.05, 0.1) is 18.0 Å². The Morgan fingerprint density at radius 1 is 0.786 bits per heavy atom. The lowest BCUT2D eigenvalue weighted by atomic mass is 9.69. The van der Waals surface area contributed by atoms with Crippen LogP contribution in [0.25, 0.3) is 0 Å². The second kappa shape index (κ2) is 12.0. The number of alkyl halides is 6. The molecular formula is C41H34F6N6O3. The maximum absolute atomic E-state index is 14.3. The van der Waals surface area contributed by atoms with Gasteiger partial charge in [0.15, 0.2) is 0 Å². The average Bonchev–Trinajstić information content (AvgIpc) is 3.75. The lowest BCUT2D eigenvalue weighted by Gasteiger charge is -2.40. The number of rotatable bonds is 1. The van der Waals surface area contributed by atoms with Crippen molar-refractivity contribution in [2.45, 2.75) is 67.6 Å². The highest BCUT2D eigenvalue weighted by Gasteiger charge is 2.59. The van der Waals surface area contributed by atoms with Crippen molar-refractivity contribution < 1.29 is 40.7 Å². The maximum atomic E-state index is 14.3. The van der Waals surface area contributed by atoms with E-state index in [1.165, 1.54) is 19.2 Å². The molecule has 56 heavy (non-hydrogen) atoms. The van der Waals surface area contributed by atoms with Crippen LogP contribution in [-0.4, -0.2) is 65.1 Å². The van der Waals surface area contributed by atoms with Crippen LogP contribution < -0.4 is 10.1 Å². The third kappa shape index (κ3) is 5.01. The first-order chi connectivity index (χ1) is 26.5. The number of nitrogens with zero attached hydrogens (tertiary/aromatic N) is 5. The molecule has 6 heterocycles. The molecule has 1 saturated heterocycles. The molecule has 0 bridgehead atoms. The first-order valence-electron chi connectivity index (χ1n) is 18.2. The molecule has 3 unspecified atom stereocenters. The zero-order chi connectivity index (χ0) is 39.6. The number of para-hydroxylation sites is 1. The minimum absolute atomic E-state index is 0.00489. The van der Waals surface area contributed by atoms with E-state index in [4.69, 9.17) is 4.74 Å². The number of carbonyl (C=O) groups is 2. The van der Waals surface area contributed by atoms with Crippen molar-refractivity contribution in [1.29, 1.82) is 0 Å². The van der Waals surface area contributed by atoms with Gasteiger partial charge in [0, 0.05) is 49.2 Å². The number of amidine groups is 2. The standard InChI is InChI=1S/C41H34F6N6O3/c1-37(2)20-39(31-23(33(48-3)51-36(39)55)11-13-28(49-31)40(42,43)44)26-9-6-7-22(30(26)37)21-15-17-53(19-21)34-24-12-14-29(41(45,46)47)50-32(24)38(35(54)52-34)16-18-56-27-10-5-4-8-25(27)38/h4-14,21H,15-20H2,1-3H3,(H,48,51,55). The Bertz CT molecular complexity index is 2440. The molecule has 1 aliphatic carbocycles. The molecule has 1 N–H and O–H groups in total. The van der Waals surface area contributed by atoms with Crippen LogP contribution in [0, 0.1) is 0 Å². The molecule has 2 aromatic carbocycles. The summed E-state index contributed by atoms with van der Waals surface area (Å²) in [5.41, 5.74) is -2.88. The van der Waals surface area contributed by atoms with Crippen LogP contribution in [-0.2, 0) is 38.2 Å². The molecule has 9 nitrogen and oxygen atoms in total. The Kier molecular flexibility index (Phi) is 7.70. The number of likely N-dealkylation sites (tertiary alicyclic amines) is 1. The Hall–Kier alpha value is -5.60. The molecule has 0 radical (unpaired) electrons. The minimum Gasteiger partial charge on any atom is -0.493 e. The molecule has 1 fully saturated rings. The summed E-state index contributed by atoms with van der Waals surface area (Å²) in [6.45, 7) is 4.69. The normalized spacial score (nSPS) is 24.9. The van der Waals surface area contributed by atoms with Gasteiger partial charge in [-0.15, -0.1) is 0 Å². The van der Waals surface area contributed by atoms with E-state index in [2.05, 4.69) is 25.3 Å². The van der Waals surface area contributed by atoms with Crippen LogP contribution in [0.15, 0.2) is 76.7 Å². The van der Waals surface area contributed by atoms with E-state index in [0.717, 1.165) is 23.3 Å². The van der Waals surface area contributed by atoms with E-state index in [0.29, 0.717) is 47.5 Å². The van der Waals surface area contributed by atoms with Gasteiger partial charge in [-0.2, -0.15) is 36.3 Å². The molecule has 4 aliphatic heterocycles. The largest absolute Gasteiger partial charge is 0.493 e. The highest BCUT2D eigenvalue weighted by atomic mass is 19.4. The zero-order valence-corrected chi connectivity index (χ0v) is 30.4. The smallest absolute Gasteiger partial charge is 0.433 e. The molecule has 2 aromatic heterocycles. The number of nitrogens with one attached hydrogen (secondary N) is 1. The van der Waals surface area contributed by atoms with Crippen molar-refractivity contribution in [1.82, 2.24) is 20.2 Å².